The largest absolute Gasteiger partial charge is 0.495 e. The molecule has 3 rings (SSSR count). The fraction of sp³-hybridized carbons (Fsp3) is 0.391. The minimum Gasteiger partial charge on any atom is -0.495 e. The molecule has 0 aliphatic heterocycles. The first kappa shape index (κ1) is 25.0. The van der Waals surface area contributed by atoms with E-state index in [2.05, 4.69) is 5.32 Å². The SMILES string of the molecule is COc1ccc(Cl)cc1NC(=O)COC(=O)c1ccc(S(=O)(=O)N(C)C2CCCCC2)cc1. The number of rotatable bonds is 8. The van der Waals surface area contributed by atoms with Crippen molar-refractivity contribution in [2.45, 2.75) is 43.0 Å². The minimum atomic E-state index is -3.66. The first-order valence-corrected chi connectivity index (χ1v) is 12.4. The molecule has 2 aromatic rings. The van der Waals surface area contributed by atoms with Gasteiger partial charge in [-0.05, 0) is 55.3 Å². The van der Waals surface area contributed by atoms with Gasteiger partial charge in [-0.3, -0.25) is 4.79 Å². The average molecular weight is 495 g/mol. The number of anilines is 1. The minimum absolute atomic E-state index is 0.00924. The van der Waals surface area contributed by atoms with E-state index in [9.17, 15) is 18.0 Å². The predicted molar refractivity (Wildman–Crippen MR) is 125 cm³/mol. The zero-order chi connectivity index (χ0) is 24.0. The van der Waals surface area contributed by atoms with Gasteiger partial charge < -0.3 is 14.8 Å². The van der Waals surface area contributed by atoms with Crippen LogP contribution in [0.4, 0.5) is 5.69 Å². The van der Waals surface area contributed by atoms with Crippen LogP contribution in [-0.4, -0.2) is 51.4 Å². The number of hydrogen-bond acceptors (Lipinski definition) is 6. The average Bonchev–Trinajstić information content (AvgIpc) is 2.82. The summed E-state index contributed by atoms with van der Waals surface area (Å²) in [4.78, 5) is 24.6. The molecule has 178 valence electrons. The van der Waals surface area contributed by atoms with Crippen molar-refractivity contribution in [3.05, 3.63) is 53.1 Å². The molecule has 0 saturated heterocycles. The summed E-state index contributed by atoms with van der Waals surface area (Å²) in [5.41, 5.74) is 0.491. The van der Waals surface area contributed by atoms with Crippen LogP contribution in [-0.2, 0) is 19.6 Å². The van der Waals surface area contributed by atoms with Crippen molar-refractivity contribution in [2.24, 2.45) is 0 Å². The Morgan fingerprint density at radius 1 is 1.09 bits per heavy atom. The van der Waals surface area contributed by atoms with Crippen LogP contribution in [0.25, 0.3) is 0 Å². The van der Waals surface area contributed by atoms with E-state index in [0.717, 1.165) is 32.1 Å². The lowest BCUT2D eigenvalue weighted by Gasteiger charge is -2.30. The van der Waals surface area contributed by atoms with Crippen LogP contribution >= 0.6 is 11.6 Å². The molecule has 0 aromatic heterocycles. The first-order valence-electron chi connectivity index (χ1n) is 10.6. The Hall–Kier alpha value is -2.62. The summed E-state index contributed by atoms with van der Waals surface area (Å²) in [6.07, 6.45) is 4.87. The number of sulfonamides is 1. The lowest BCUT2D eigenvalue weighted by molar-refractivity contribution is -0.119. The molecule has 1 fully saturated rings. The van der Waals surface area contributed by atoms with Gasteiger partial charge in [0.05, 0.1) is 23.3 Å². The normalized spacial score (nSPS) is 14.7. The second-order valence-corrected chi connectivity index (χ2v) is 10.2. The van der Waals surface area contributed by atoms with Crippen molar-refractivity contribution in [3.8, 4) is 5.75 Å². The molecule has 0 spiro atoms. The number of benzene rings is 2. The highest BCUT2D eigenvalue weighted by Gasteiger charge is 2.29. The van der Waals surface area contributed by atoms with Crippen molar-refractivity contribution in [1.29, 1.82) is 0 Å². The van der Waals surface area contributed by atoms with E-state index in [1.54, 1.807) is 19.2 Å². The number of amides is 1. The Balaban J connectivity index is 1.59. The van der Waals surface area contributed by atoms with E-state index < -0.39 is 28.5 Å². The summed E-state index contributed by atoms with van der Waals surface area (Å²) in [5.74, 6) is -0.904. The topological polar surface area (TPSA) is 102 Å². The summed E-state index contributed by atoms with van der Waals surface area (Å²) in [6.45, 7) is -0.529. The summed E-state index contributed by atoms with van der Waals surface area (Å²) >= 11 is 5.94. The second kappa shape index (κ2) is 11.0. The van der Waals surface area contributed by atoms with Gasteiger partial charge in [0.15, 0.2) is 6.61 Å². The standard InChI is InChI=1S/C23H27ClN2O6S/c1-26(18-6-4-3-5-7-18)33(29,30)19-11-8-16(9-12-19)23(28)32-15-22(27)25-20-14-17(24)10-13-21(20)31-2/h8-14,18H,3-7,15H2,1-2H3,(H,25,27). The van der Waals surface area contributed by atoms with Crippen LogP contribution in [0.5, 0.6) is 5.75 Å². The van der Waals surface area contributed by atoms with Crippen molar-refractivity contribution in [1.82, 2.24) is 4.31 Å². The maximum Gasteiger partial charge on any atom is 0.338 e. The number of nitrogens with zero attached hydrogens (tertiary/aromatic N) is 1. The number of halogens is 1. The number of carbonyl (C=O) groups excluding carboxylic acids is 2. The van der Waals surface area contributed by atoms with Gasteiger partial charge in [-0.25, -0.2) is 13.2 Å². The van der Waals surface area contributed by atoms with E-state index in [4.69, 9.17) is 21.1 Å². The molecular weight excluding hydrogens is 468 g/mol. The van der Waals surface area contributed by atoms with Crippen LogP contribution in [0.2, 0.25) is 5.02 Å². The number of carbonyl (C=O) groups is 2. The maximum absolute atomic E-state index is 12.9. The third-order valence-corrected chi connectivity index (χ3v) is 7.79. The third-order valence-electron chi connectivity index (χ3n) is 5.63. The fourth-order valence-electron chi connectivity index (χ4n) is 3.75. The molecule has 33 heavy (non-hydrogen) atoms. The van der Waals surface area contributed by atoms with Gasteiger partial charge >= 0.3 is 5.97 Å². The highest BCUT2D eigenvalue weighted by Crippen LogP contribution is 2.28. The van der Waals surface area contributed by atoms with E-state index in [1.165, 1.54) is 41.7 Å². The quantitative estimate of drug-likeness (QED) is 0.554. The molecule has 1 N–H and O–H groups in total. The summed E-state index contributed by atoms with van der Waals surface area (Å²) in [7, 11) is -0.605. The summed E-state index contributed by atoms with van der Waals surface area (Å²) in [6, 6.07) is 10.2. The molecule has 0 radical (unpaired) electrons. The summed E-state index contributed by atoms with van der Waals surface area (Å²) < 4.78 is 37.5. The lowest BCUT2D eigenvalue weighted by Crippen LogP contribution is -2.38. The van der Waals surface area contributed by atoms with Crippen LogP contribution in [0.15, 0.2) is 47.4 Å². The molecule has 0 atom stereocenters. The van der Waals surface area contributed by atoms with E-state index in [0.29, 0.717) is 16.5 Å². The highest BCUT2D eigenvalue weighted by molar-refractivity contribution is 7.89. The number of methoxy groups -OCH3 is 1. The number of esters is 1. The fourth-order valence-corrected chi connectivity index (χ4v) is 5.34. The zero-order valence-electron chi connectivity index (χ0n) is 18.5. The Bertz CT molecular complexity index is 1100. The van der Waals surface area contributed by atoms with Crippen molar-refractivity contribution in [3.63, 3.8) is 0 Å². The maximum atomic E-state index is 12.9. The van der Waals surface area contributed by atoms with Gasteiger partial charge in [0, 0.05) is 18.1 Å². The Labute approximate surface area is 198 Å². The van der Waals surface area contributed by atoms with Crippen LogP contribution in [0.3, 0.4) is 0 Å². The molecular formula is C23H27ClN2O6S. The zero-order valence-corrected chi connectivity index (χ0v) is 20.1. The van der Waals surface area contributed by atoms with Crippen LogP contribution in [0.1, 0.15) is 42.5 Å². The van der Waals surface area contributed by atoms with Gasteiger partial charge in [-0.1, -0.05) is 30.9 Å². The monoisotopic (exact) mass is 494 g/mol. The number of ether oxygens (including phenoxy) is 2. The molecule has 1 aliphatic rings. The Morgan fingerprint density at radius 2 is 1.76 bits per heavy atom. The summed E-state index contributed by atoms with van der Waals surface area (Å²) in [5, 5.41) is 2.98. The molecule has 1 aliphatic carbocycles. The molecule has 1 saturated carbocycles. The van der Waals surface area contributed by atoms with Crippen LogP contribution < -0.4 is 10.1 Å². The smallest absolute Gasteiger partial charge is 0.338 e. The van der Waals surface area contributed by atoms with Crippen molar-refractivity contribution < 1.29 is 27.5 Å². The first-order chi connectivity index (χ1) is 15.7. The van der Waals surface area contributed by atoms with E-state index in [-0.39, 0.29) is 16.5 Å². The number of nitrogens with one attached hydrogen (secondary N) is 1. The molecule has 8 nitrogen and oxygen atoms in total. The molecule has 1 amide bonds. The van der Waals surface area contributed by atoms with Gasteiger partial charge in [-0.2, -0.15) is 4.31 Å². The van der Waals surface area contributed by atoms with E-state index in [1.807, 2.05) is 0 Å². The highest BCUT2D eigenvalue weighted by atomic mass is 35.5. The van der Waals surface area contributed by atoms with Gasteiger partial charge in [-0.15, -0.1) is 0 Å². The molecule has 0 unspecified atom stereocenters. The molecule has 2 aromatic carbocycles. The van der Waals surface area contributed by atoms with Gasteiger partial charge in [0.25, 0.3) is 5.91 Å². The van der Waals surface area contributed by atoms with Gasteiger partial charge in [0.2, 0.25) is 10.0 Å². The second-order valence-electron chi connectivity index (χ2n) is 7.81. The van der Waals surface area contributed by atoms with E-state index >= 15 is 0 Å². The lowest BCUT2D eigenvalue weighted by atomic mass is 9.96. The predicted octanol–water partition coefficient (Wildman–Crippen LogP) is 4.10. The Morgan fingerprint density at radius 3 is 2.39 bits per heavy atom. The van der Waals surface area contributed by atoms with Crippen molar-refractivity contribution >= 4 is 39.2 Å². The molecule has 0 bridgehead atoms. The van der Waals surface area contributed by atoms with Gasteiger partial charge in [0.1, 0.15) is 5.75 Å². The molecule has 10 heteroatoms. The third kappa shape index (κ3) is 6.25. The number of hydrogen-bond donors (Lipinski definition) is 1. The molecule has 0 heterocycles. The van der Waals surface area contributed by atoms with Crippen LogP contribution in [0, 0.1) is 0 Å². The Kier molecular flexibility index (Phi) is 8.34. The van der Waals surface area contributed by atoms with Crippen molar-refractivity contribution in [2.75, 3.05) is 26.1 Å².